The zero-order valence-electron chi connectivity index (χ0n) is 17.3. The summed E-state index contributed by atoms with van der Waals surface area (Å²) in [6, 6.07) is 13.2. The molecule has 7 nitrogen and oxygen atoms in total. The Balaban J connectivity index is 1.56. The molecule has 31 heavy (non-hydrogen) atoms. The Hall–Kier alpha value is -3.92. The van der Waals surface area contributed by atoms with Gasteiger partial charge in [0.15, 0.2) is 0 Å². The van der Waals surface area contributed by atoms with Crippen LogP contribution < -0.4 is 4.74 Å². The van der Waals surface area contributed by atoms with Crippen molar-refractivity contribution < 1.29 is 19.2 Å². The van der Waals surface area contributed by atoms with E-state index >= 15 is 0 Å². The lowest BCUT2D eigenvalue weighted by atomic mass is 10.00. The van der Waals surface area contributed by atoms with E-state index in [4.69, 9.17) is 14.4 Å². The number of carbonyl (C=O) groups is 1. The molecule has 0 atom stereocenters. The van der Waals surface area contributed by atoms with Crippen LogP contribution in [0, 0.1) is 11.3 Å². The van der Waals surface area contributed by atoms with Gasteiger partial charge in [0.25, 0.3) is 5.89 Å². The Morgan fingerprint density at radius 3 is 2.81 bits per heavy atom. The second kappa shape index (κ2) is 8.44. The normalized spacial score (nSPS) is 12.4. The monoisotopic (exact) mass is 415 g/mol. The highest BCUT2D eigenvalue weighted by Gasteiger charge is 2.18. The first-order chi connectivity index (χ1) is 14.9. The number of rotatable bonds is 7. The van der Waals surface area contributed by atoms with Gasteiger partial charge in [0.1, 0.15) is 11.8 Å². The van der Waals surface area contributed by atoms with Gasteiger partial charge in [0, 0.05) is 17.5 Å². The topological polar surface area (TPSA) is 109 Å². The van der Waals surface area contributed by atoms with Gasteiger partial charge >= 0.3 is 5.97 Å². The first kappa shape index (κ1) is 20.4. The van der Waals surface area contributed by atoms with Crippen LogP contribution in [-0.4, -0.2) is 27.3 Å². The summed E-state index contributed by atoms with van der Waals surface area (Å²) in [5, 5.41) is 22.4. The molecule has 1 N–H and O–H groups in total. The van der Waals surface area contributed by atoms with Gasteiger partial charge in [-0.1, -0.05) is 23.4 Å². The Morgan fingerprint density at radius 2 is 2.06 bits per heavy atom. The third-order valence-corrected chi connectivity index (χ3v) is 5.02. The molecule has 0 bridgehead atoms. The third kappa shape index (κ3) is 4.33. The van der Waals surface area contributed by atoms with E-state index in [-0.39, 0.29) is 12.5 Å². The molecule has 0 spiro atoms. The predicted octanol–water partition coefficient (Wildman–Crippen LogP) is 4.87. The number of nitriles is 1. The SMILES string of the molecule is CC(C)Oc1ccc(-c2nc(-c3ccc4c(c3)CC=C4CCC(=O)O)no2)cc1C#N. The van der Waals surface area contributed by atoms with Crippen LogP contribution in [0.1, 0.15) is 43.4 Å². The van der Waals surface area contributed by atoms with Gasteiger partial charge in [-0.3, -0.25) is 4.79 Å². The minimum Gasteiger partial charge on any atom is -0.490 e. The Labute approximate surface area is 179 Å². The molecule has 2 aromatic carbocycles. The van der Waals surface area contributed by atoms with E-state index < -0.39 is 5.97 Å². The summed E-state index contributed by atoms with van der Waals surface area (Å²) in [6.45, 7) is 3.81. The van der Waals surface area contributed by atoms with Crippen LogP contribution in [0.25, 0.3) is 28.4 Å². The quantitative estimate of drug-likeness (QED) is 0.586. The van der Waals surface area contributed by atoms with Crippen molar-refractivity contribution in [2.75, 3.05) is 0 Å². The van der Waals surface area contributed by atoms with Crippen molar-refractivity contribution in [1.29, 1.82) is 5.26 Å². The largest absolute Gasteiger partial charge is 0.490 e. The molecule has 0 aliphatic heterocycles. The molecule has 156 valence electrons. The molecule has 0 amide bonds. The zero-order valence-corrected chi connectivity index (χ0v) is 17.3. The van der Waals surface area contributed by atoms with Crippen LogP contribution in [-0.2, 0) is 11.2 Å². The number of allylic oxidation sites excluding steroid dienone is 2. The van der Waals surface area contributed by atoms with Gasteiger partial charge in [0.05, 0.1) is 11.7 Å². The van der Waals surface area contributed by atoms with Gasteiger partial charge in [-0.15, -0.1) is 0 Å². The van der Waals surface area contributed by atoms with Crippen molar-refractivity contribution in [3.63, 3.8) is 0 Å². The van der Waals surface area contributed by atoms with E-state index in [1.807, 2.05) is 32.0 Å². The highest BCUT2D eigenvalue weighted by Crippen LogP contribution is 2.34. The van der Waals surface area contributed by atoms with E-state index in [9.17, 15) is 10.1 Å². The second-order valence-electron chi connectivity index (χ2n) is 7.61. The molecule has 1 aromatic heterocycles. The fourth-order valence-electron chi connectivity index (χ4n) is 3.60. The molecule has 0 fully saturated rings. The van der Waals surface area contributed by atoms with Crippen LogP contribution in [0.2, 0.25) is 0 Å². The second-order valence-corrected chi connectivity index (χ2v) is 7.61. The minimum atomic E-state index is -0.798. The molecule has 1 heterocycles. The molecule has 0 saturated carbocycles. The summed E-state index contributed by atoms with van der Waals surface area (Å²) in [7, 11) is 0. The lowest BCUT2D eigenvalue weighted by Crippen LogP contribution is -2.06. The number of benzene rings is 2. The van der Waals surface area contributed by atoms with Crippen LogP contribution >= 0.6 is 0 Å². The average molecular weight is 415 g/mol. The Bertz CT molecular complexity index is 1220. The van der Waals surface area contributed by atoms with Crippen molar-refractivity contribution in [1.82, 2.24) is 10.1 Å². The molecule has 0 unspecified atom stereocenters. The van der Waals surface area contributed by atoms with E-state index in [0.717, 1.165) is 28.7 Å². The van der Waals surface area contributed by atoms with E-state index in [1.165, 1.54) is 0 Å². The summed E-state index contributed by atoms with van der Waals surface area (Å²) in [6.07, 6.45) is 3.43. The molecule has 1 aliphatic rings. The summed E-state index contributed by atoms with van der Waals surface area (Å²) < 4.78 is 11.1. The maximum absolute atomic E-state index is 10.9. The molecule has 0 radical (unpaired) electrons. The maximum Gasteiger partial charge on any atom is 0.303 e. The third-order valence-electron chi connectivity index (χ3n) is 5.02. The lowest BCUT2D eigenvalue weighted by molar-refractivity contribution is -0.136. The fourth-order valence-corrected chi connectivity index (χ4v) is 3.60. The number of fused-ring (bicyclic) bond motifs is 1. The number of ether oxygens (including phenoxy) is 1. The first-order valence-corrected chi connectivity index (χ1v) is 10.0. The van der Waals surface area contributed by atoms with E-state index in [0.29, 0.717) is 35.0 Å². The summed E-state index contributed by atoms with van der Waals surface area (Å²) >= 11 is 0. The van der Waals surface area contributed by atoms with Gasteiger partial charge in [-0.25, -0.2) is 0 Å². The van der Waals surface area contributed by atoms with Crippen molar-refractivity contribution in [2.24, 2.45) is 0 Å². The average Bonchev–Trinajstić information content (AvgIpc) is 3.39. The molecular formula is C24H21N3O4. The van der Waals surface area contributed by atoms with E-state index in [1.54, 1.807) is 18.2 Å². The van der Waals surface area contributed by atoms with Crippen molar-refractivity contribution in [3.8, 4) is 34.7 Å². The van der Waals surface area contributed by atoms with Crippen LogP contribution in [0.3, 0.4) is 0 Å². The molecule has 7 heteroatoms. The van der Waals surface area contributed by atoms with Crippen LogP contribution in [0.4, 0.5) is 0 Å². The predicted molar refractivity (Wildman–Crippen MR) is 114 cm³/mol. The number of nitrogens with zero attached hydrogens (tertiary/aromatic N) is 3. The van der Waals surface area contributed by atoms with E-state index in [2.05, 4.69) is 22.3 Å². The van der Waals surface area contributed by atoms with Gasteiger partial charge in [-0.2, -0.15) is 10.2 Å². The lowest BCUT2D eigenvalue weighted by Gasteiger charge is -2.11. The van der Waals surface area contributed by atoms with Gasteiger partial charge < -0.3 is 14.4 Å². The van der Waals surface area contributed by atoms with Gasteiger partial charge in [-0.05, 0) is 67.7 Å². The van der Waals surface area contributed by atoms with Crippen LogP contribution in [0.15, 0.2) is 47.0 Å². The van der Waals surface area contributed by atoms with Crippen molar-refractivity contribution in [2.45, 2.75) is 39.2 Å². The molecule has 3 aromatic rings. The zero-order chi connectivity index (χ0) is 22.0. The van der Waals surface area contributed by atoms with Gasteiger partial charge in [0.2, 0.25) is 5.82 Å². The number of hydrogen-bond acceptors (Lipinski definition) is 6. The number of aliphatic carboxylic acids is 1. The van der Waals surface area contributed by atoms with Crippen molar-refractivity contribution in [3.05, 3.63) is 59.2 Å². The molecule has 0 saturated heterocycles. The minimum absolute atomic E-state index is 0.0353. The molecule has 4 rings (SSSR count). The Kier molecular flexibility index (Phi) is 5.54. The van der Waals surface area contributed by atoms with Crippen molar-refractivity contribution >= 4 is 11.5 Å². The highest BCUT2D eigenvalue weighted by atomic mass is 16.5. The highest BCUT2D eigenvalue weighted by molar-refractivity contribution is 5.78. The first-order valence-electron chi connectivity index (χ1n) is 10.0. The summed E-state index contributed by atoms with van der Waals surface area (Å²) in [4.78, 5) is 15.4. The smallest absolute Gasteiger partial charge is 0.303 e. The number of carboxylic acid groups (broad SMARTS) is 1. The fraction of sp³-hybridized carbons (Fsp3) is 0.250. The maximum atomic E-state index is 10.9. The number of hydrogen-bond donors (Lipinski definition) is 1. The molecular weight excluding hydrogens is 394 g/mol. The standard InChI is InChI=1S/C24H21N3O4/c1-14(2)30-21-9-6-18(12-19(21)13-25)24-26-23(27-31-24)17-5-8-20-15(7-10-22(28)29)3-4-16(20)11-17/h3,5-6,8-9,11-12,14H,4,7,10H2,1-2H3,(H,28,29). The Morgan fingerprint density at radius 1 is 1.26 bits per heavy atom. The number of carboxylic acids is 1. The molecule has 1 aliphatic carbocycles. The van der Waals surface area contributed by atoms with Crippen LogP contribution in [0.5, 0.6) is 5.75 Å². The summed E-state index contributed by atoms with van der Waals surface area (Å²) in [5.41, 5.74) is 5.13. The summed E-state index contributed by atoms with van der Waals surface area (Å²) in [5.74, 6) is 0.501. The number of aromatic nitrogens is 2.